The van der Waals surface area contributed by atoms with Gasteiger partial charge in [-0.05, 0) is 37.1 Å². The highest BCUT2D eigenvalue weighted by Gasteiger charge is 2.31. The SMILES string of the molecule is O=C(CSc1ccccc1)N1CCC[C@@H]1C[C@@H](O)c1ccco1. The van der Waals surface area contributed by atoms with E-state index in [4.69, 9.17) is 4.42 Å². The van der Waals surface area contributed by atoms with Crippen LogP contribution in [-0.4, -0.2) is 34.3 Å². The molecule has 1 amide bonds. The summed E-state index contributed by atoms with van der Waals surface area (Å²) in [7, 11) is 0. The molecule has 1 aliphatic heterocycles. The zero-order valence-corrected chi connectivity index (χ0v) is 13.7. The fourth-order valence-electron chi connectivity index (χ4n) is 3.01. The second-order valence-corrected chi connectivity index (χ2v) is 6.80. The Balaban J connectivity index is 1.54. The number of aliphatic hydroxyl groups excluding tert-OH is 1. The van der Waals surface area contributed by atoms with E-state index < -0.39 is 6.10 Å². The van der Waals surface area contributed by atoms with E-state index in [0.717, 1.165) is 24.3 Å². The standard InChI is InChI=1S/C18H21NO3S/c20-16(17-9-5-11-22-17)12-14-6-4-10-19(14)18(21)13-23-15-7-2-1-3-8-15/h1-3,5,7-9,11,14,16,20H,4,6,10,12-13H2/t14-,16-/m1/s1. The van der Waals surface area contributed by atoms with Crippen LogP contribution in [0.25, 0.3) is 0 Å². The van der Waals surface area contributed by atoms with E-state index in [2.05, 4.69) is 0 Å². The van der Waals surface area contributed by atoms with Crippen LogP contribution in [0.1, 0.15) is 31.1 Å². The molecule has 122 valence electrons. The number of aliphatic hydroxyl groups is 1. The van der Waals surface area contributed by atoms with Gasteiger partial charge < -0.3 is 14.4 Å². The number of nitrogens with zero attached hydrogens (tertiary/aromatic N) is 1. The van der Waals surface area contributed by atoms with Crippen LogP contribution in [0.4, 0.5) is 0 Å². The summed E-state index contributed by atoms with van der Waals surface area (Å²) in [5, 5.41) is 10.2. The number of amides is 1. The summed E-state index contributed by atoms with van der Waals surface area (Å²) in [6.07, 6.45) is 3.39. The minimum Gasteiger partial charge on any atom is -0.467 e. The van der Waals surface area contributed by atoms with Crippen LogP contribution in [-0.2, 0) is 4.79 Å². The number of hydrogen-bond acceptors (Lipinski definition) is 4. The van der Waals surface area contributed by atoms with Gasteiger partial charge in [-0.25, -0.2) is 0 Å². The predicted molar refractivity (Wildman–Crippen MR) is 90.2 cm³/mol. The second-order valence-electron chi connectivity index (χ2n) is 5.75. The maximum absolute atomic E-state index is 12.5. The summed E-state index contributed by atoms with van der Waals surface area (Å²) in [4.78, 5) is 15.5. The summed E-state index contributed by atoms with van der Waals surface area (Å²) in [6.45, 7) is 0.781. The number of carbonyl (C=O) groups excluding carboxylic acids is 1. The van der Waals surface area contributed by atoms with Crippen molar-refractivity contribution in [3.05, 3.63) is 54.5 Å². The quantitative estimate of drug-likeness (QED) is 0.823. The highest BCUT2D eigenvalue weighted by atomic mass is 32.2. The van der Waals surface area contributed by atoms with Crippen molar-refractivity contribution in [2.24, 2.45) is 0 Å². The van der Waals surface area contributed by atoms with E-state index >= 15 is 0 Å². The number of likely N-dealkylation sites (tertiary alicyclic amines) is 1. The van der Waals surface area contributed by atoms with E-state index in [1.54, 1.807) is 30.2 Å². The number of benzene rings is 1. The third-order valence-electron chi connectivity index (χ3n) is 4.17. The highest BCUT2D eigenvalue weighted by Crippen LogP contribution is 2.28. The molecule has 0 unspecified atom stereocenters. The van der Waals surface area contributed by atoms with Crippen molar-refractivity contribution in [3.63, 3.8) is 0 Å². The Hall–Kier alpha value is -1.72. The van der Waals surface area contributed by atoms with Gasteiger partial charge in [0.15, 0.2) is 0 Å². The van der Waals surface area contributed by atoms with Crippen molar-refractivity contribution in [1.29, 1.82) is 0 Å². The van der Waals surface area contributed by atoms with Crippen molar-refractivity contribution in [2.45, 2.75) is 36.3 Å². The molecule has 0 bridgehead atoms. The van der Waals surface area contributed by atoms with Gasteiger partial charge in [-0.2, -0.15) is 0 Å². The molecule has 1 aromatic heterocycles. The molecule has 1 aliphatic rings. The molecule has 3 rings (SSSR count). The fourth-order valence-corrected chi connectivity index (χ4v) is 3.81. The molecular formula is C18H21NO3S. The number of hydrogen-bond donors (Lipinski definition) is 1. The fraction of sp³-hybridized carbons (Fsp3) is 0.389. The van der Waals surface area contributed by atoms with Gasteiger partial charge in [-0.1, -0.05) is 18.2 Å². The van der Waals surface area contributed by atoms with E-state index in [1.165, 1.54) is 0 Å². The second kappa shape index (κ2) is 7.70. The molecular weight excluding hydrogens is 310 g/mol. The van der Waals surface area contributed by atoms with Crippen molar-refractivity contribution in [1.82, 2.24) is 4.90 Å². The van der Waals surface area contributed by atoms with Gasteiger partial charge >= 0.3 is 0 Å². The van der Waals surface area contributed by atoms with Crippen molar-refractivity contribution < 1.29 is 14.3 Å². The molecule has 0 spiro atoms. The Morgan fingerprint density at radius 2 is 2.13 bits per heavy atom. The Morgan fingerprint density at radius 3 is 2.87 bits per heavy atom. The minimum atomic E-state index is -0.648. The van der Waals surface area contributed by atoms with Crippen LogP contribution in [0, 0.1) is 0 Å². The maximum atomic E-state index is 12.5. The molecule has 23 heavy (non-hydrogen) atoms. The summed E-state index contributed by atoms with van der Waals surface area (Å²) in [5.41, 5.74) is 0. The lowest BCUT2D eigenvalue weighted by molar-refractivity contribution is -0.129. The van der Waals surface area contributed by atoms with Gasteiger partial charge in [0, 0.05) is 23.9 Å². The molecule has 1 aromatic carbocycles. The summed E-state index contributed by atoms with van der Waals surface area (Å²) in [6, 6.07) is 13.6. The first kappa shape index (κ1) is 16.1. The summed E-state index contributed by atoms with van der Waals surface area (Å²) >= 11 is 1.56. The first-order chi connectivity index (χ1) is 11.2. The normalized spacial score (nSPS) is 19.0. The van der Waals surface area contributed by atoms with Crippen LogP contribution in [0.5, 0.6) is 0 Å². The smallest absolute Gasteiger partial charge is 0.233 e. The van der Waals surface area contributed by atoms with Gasteiger partial charge in [-0.15, -0.1) is 11.8 Å². The number of rotatable bonds is 6. The van der Waals surface area contributed by atoms with Crippen LogP contribution in [0.2, 0.25) is 0 Å². The number of thioether (sulfide) groups is 1. The van der Waals surface area contributed by atoms with Gasteiger partial charge in [0.25, 0.3) is 0 Å². The molecule has 1 N–H and O–H groups in total. The third kappa shape index (κ3) is 4.18. The van der Waals surface area contributed by atoms with E-state index in [-0.39, 0.29) is 11.9 Å². The Labute approximate surface area is 140 Å². The van der Waals surface area contributed by atoms with Crippen LogP contribution in [0.15, 0.2) is 58.0 Å². The monoisotopic (exact) mass is 331 g/mol. The van der Waals surface area contributed by atoms with Gasteiger partial charge in [0.2, 0.25) is 5.91 Å². The number of furan rings is 1. The topological polar surface area (TPSA) is 53.7 Å². The molecule has 5 heteroatoms. The molecule has 2 heterocycles. The average molecular weight is 331 g/mol. The van der Waals surface area contributed by atoms with Gasteiger partial charge in [0.05, 0.1) is 12.0 Å². The van der Waals surface area contributed by atoms with Gasteiger partial charge in [-0.3, -0.25) is 4.79 Å². The summed E-state index contributed by atoms with van der Waals surface area (Å²) < 4.78 is 5.25. The number of carbonyl (C=O) groups is 1. The zero-order chi connectivity index (χ0) is 16.1. The lowest BCUT2D eigenvalue weighted by atomic mass is 10.1. The first-order valence-corrected chi connectivity index (χ1v) is 8.91. The molecule has 0 saturated carbocycles. The van der Waals surface area contributed by atoms with Crippen LogP contribution in [0.3, 0.4) is 0 Å². The minimum absolute atomic E-state index is 0.0963. The molecule has 1 saturated heterocycles. The van der Waals surface area contributed by atoms with Crippen molar-refractivity contribution >= 4 is 17.7 Å². The maximum Gasteiger partial charge on any atom is 0.233 e. The van der Waals surface area contributed by atoms with Crippen molar-refractivity contribution in [3.8, 4) is 0 Å². The van der Waals surface area contributed by atoms with E-state index in [9.17, 15) is 9.90 Å². The Morgan fingerprint density at radius 1 is 1.30 bits per heavy atom. The van der Waals surface area contributed by atoms with Crippen LogP contribution < -0.4 is 0 Å². The average Bonchev–Trinajstić information content (AvgIpc) is 3.25. The largest absolute Gasteiger partial charge is 0.467 e. The zero-order valence-electron chi connectivity index (χ0n) is 12.9. The van der Waals surface area contributed by atoms with Gasteiger partial charge in [0.1, 0.15) is 11.9 Å². The Kier molecular flexibility index (Phi) is 5.41. The summed E-state index contributed by atoms with van der Waals surface area (Å²) in [5.74, 6) is 1.16. The molecule has 0 aliphatic carbocycles. The van der Waals surface area contributed by atoms with Crippen molar-refractivity contribution in [2.75, 3.05) is 12.3 Å². The van der Waals surface area contributed by atoms with Crippen LogP contribution >= 0.6 is 11.8 Å². The Bertz CT molecular complexity index is 614. The molecule has 4 nitrogen and oxygen atoms in total. The molecule has 2 aromatic rings. The molecule has 2 atom stereocenters. The molecule has 1 fully saturated rings. The third-order valence-corrected chi connectivity index (χ3v) is 5.17. The van der Waals surface area contributed by atoms with E-state index in [0.29, 0.717) is 17.9 Å². The predicted octanol–water partition coefficient (Wildman–Crippen LogP) is 3.49. The molecule has 0 radical (unpaired) electrons. The lowest BCUT2D eigenvalue weighted by Gasteiger charge is -2.26. The first-order valence-electron chi connectivity index (χ1n) is 7.93. The lowest BCUT2D eigenvalue weighted by Crippen LogP contribution is -2.37. The van der Waals surface area contributed by atoms with E-state index in [1.807, 2.05) is 35.2 Å². The highest BCUT2D eigenvalue weighted by molar-refractivity contribution is 8.00.